The molecule has 3 atom stereocenters. The molecule has 6 heteroatoms. The Morgan fingerprint density at radius 3 is 2.46 bits per heavy atom. The lowest BCUT2D eigenvalue weighted by atomic mass is 9.68. The maximum Gasteiger partial charge on any atom is 0.272 e. The summed E-state index contributed by atoms with van der Waals surface area (Å²) in [5.74, 6) is 1.80. The minimum absolute atomic E-state index is 0.0786. The van der Waals surface area contributed by atoms with Gasteiger partial charge in [-0.15, -0.1) is 0 Å². The molecule has 0 spiro atoms. The third-order valence-corrected chi connectivity index (χ3v) is 9.82. The molecule has 2 heterocycles. The molecule has 2 bridgehead atoms. The second-order valence-electron chi connectivity index (χ2n) is 12.3. The Labute approximate surface area is 208 Å². The lowest BCUT2D eigenvalue weighted by molar-refractivity contribution is -0.136. The molecule has 35 heavy (non-hydrogen) atoms. The van der Waals surface area contributed by atoms with Gasteiger partial charge in [-0.3, -0.25) is 9.59 Å². The molecule has 186 valence electrons. The number of nitrogens with one attached hydrogen (secondary N) is 1. The standard InChI is InChI=1S/C29H38N4O2/c1-28(2)21-13-14-29(3,17-21)27(28)31-25(34)23-22-18-32(26(35)20-11-7-8-12-20)15-16-33(22)24(30-23)19-9-5-4-6-10-19/h4-6,9-10,20-21,27H,7-8,11-18H2,1-3H3,(H,31,34). The maximum atomic E-state index is 13.9. The van der Waals surface area contributed by atoms with E-state index < -0.39 is 0 Å². The predicted octanol–water partition coefficient (Wildman–Crippen LogP) is 5.03. The number of imidazole rings is 1. The summed E-state index contributed by atoms with van der Waals surface area (Å²) in [6.07, 6.45) is 7.89. The van der Waals surface area contributed by atoms with Gasteiger partial charge < -0.3 is 14.8 Å². The Balaban J connectivity index is 1.34. The second kappa shape index (κ2) is 8.21. The number of aromatic nitrogens is 2. The van der Waals surface area contributed by atoms with Crippen LogP contribution >= 0.6 is 0 Å². The summed E-state index contributed by atoms with van der Waals surface area (Å²) in [6, 6.07) is 10.2. The van der Waals surface area contributed by atoms with Gasteiger partial charge >= 0.3 is 0 Å². The van der Waals surface area contributed by atoms with E-state index in [-0.39, 0.29) is 34.6 Å². The van der Waals surface area contributed by atoms with Crippen molar-refractivity contribution in [2.24, 2.45) is 22.7 Å². The molecule has 0 saturated heterocycles. The van der Waals surface area contributed by atoms with E-state index in [2.05, 4.69) is 30.7 Å². The van der Waals surface area contributed by atoms with Crippen molar-refractivity contribution < 1.29 is 9.59 Å². The maximum absolute atomic E-state index is 13.9. The summed E-state index contributed by atoms with van der Waals surface area (Å²) >= 11 is 0. The van der Waals surface area contributed by atoms with Crippen molar-refractivity contribution in [1.82, 2.24) is 19.8 Å². The molecule has 6 nitrogen and oxygen atoms in total. The van der Waals surface area contributed by atoms with Gasteiger partial charge in [0, 0.05) is 30.6 Å². The second-order valence-corrected chi connectivity index (χ2v) is 12.3. The van der Waals surface area contributed by atoms with Crippen molar-refractivity contribution in [2.75, 3.05) is 6.54 Å². The van der Waals surface area contributed by atoms with E-state index >= 15 is 0 Å². The highest BCUT2D eigenvalue weighted by atomic mass is 16.2. The summed E-state index contributed by atoms with van der Waals surface area (Å²) in [6.45, 7) is 8.78. The molecule has 2 amide bonds. The number of rotatable bonds is 4. The first-order valence-electron chi connectivity index (χ1n) is 13.5. The van der Waals surface area contributed by atoms with Gasteiger partial charge in [-0.05, 0) is 48.9 Å². The van der Waals surface area contributed by atoms with Crippen molar-refractivity contribution >= 4 is 11.8 Å². The first-order chi connectivity index (χ1) is 16.8. The van der Waals surface area contributed by atoms with E-state index in [4.69, 9.17) is 4.98 Å². The fourth-order valence-electron chi connectivity index (χ4n) is 7.84. The van der Waals surface area contributed by atoms with Crippen molar-refractivity contribution in [3.63, 3.8) is 0 Å². The number of carbonyl (C=O) groups excluding carboxylic acids is 2. The van der Waals surface area contributed by atoms with Gasteiger partial charge in [-0.1, -0.05) is 63.9 Å². The van der Waals surface area contributed by atoms with Gasteiger partial charge in [-0.2, -0.15) is 0 Å². The molecule has 1 aromatic carbocycles. The number of benzene rings is 1. The molecule has 1 aliphatic heterocycles. The van der Waals surface area contributed by atoms with Crippen LogP contribution < -0.4 is 5.32 Å². The molecule has 3 fully saturated rings. The first kappa shape index (κ1) is 22.8. The smallest absolute Gasteiger partial charge is 0.272 e. The van der Waals surface area contributed by atoms with E-state index in [0.717, 1.165) is 42.8 Å². The van der Waals surface area contributed by atoms with E-state index in [9.17, 15) is 9.59 Å². The highest BCUT2D eigenvalue weighted by molar-refractivity contribution is 5.95. The van der Waals surface area contributed by atoms with Gasteiger partial charge in [-0.25, -0.2) is 4.98 Å². The molecule has 3 saturated carbocycles. The molecule has 6 rings (SSSR count). The van der Waals surface area contributed by atoms with E-state index in [1.165, 1.54) is 19.3 Å². The average molecular weight is 475 g/mol. The summed E-state index contributed by atoms with van der Waals surface area (Å²) < 4.78 is 2.18. The van der Waals surface area contributed by atoms with Crippen molar-refractivity contribution in [1.29, 1.82) is 0 Å². The van der Waals surface area contributed by atoms with E-state index in [1.807, 2.05) is 35.2 Å². The van der Waals surface area contributed by atoms with Crippen molar-refractivity contribution in [2.45, 2.75) is 84.8 Å². The highest BCUT2D eigenvalue weighted by Crippen LogP contribution is 2.62. The third kappa shape index (κ3) is 3.63. The summed E-state index contributed by atoms with van der Waals surface area (Å²) in [5.41, 5.74) is 2.61. The average Bonchev–Trinajstić information content (AvgIpc) is 3.63. The summed E-state index contributed by atoms with van der Waals surface area (Å²) in [5, 5.41) is 3.45. The Morgan fingerprint density at radius 2 is 1.77 bits per heavy atom. The van der Waals surface area contributed by atoms with Gasteiger partial charge in [0.1, 0.15) is 5.82 Å². The molecule has 1 N–H and O–H groups in total. The number of fused-ring (bicyclic) bond motifs is 3. The number of hydrogen-bond acceptors (Lipinski definition) is 3. The van der Waals surface area contributed by atoms with Crippen LogP contribution in [0.25, 0.3) is 11.4 Å². The Kier molecular flexibility index (Phi) is 5.35. The fourth-order valence-corrected chi connectivity index (χ4v) is 7.84. The quantitative estimate of drug-likeness (QED) is 0.676. The Morgan fingerprint density at radius 1 is 1.03 bits per heavy atom. The Bertz CT molecular complexity index is 1140. The van der Waals surface area contributed by atoms with Crippen LogP contribution in [0.15, 0.2) is 30.3 Å². The Hall–Kier alpha value is -2.63. The van der Waals surface area contributed by atoms with E-state index in [1.54, 1.807) is 0 Å². The minimum atomic E-state index is -0.0852. The van der Waals surface area contributed by atoms with Crippen LogP contribution in [0.5, 0.6) is 0 Å². The third-order valence-electron chi connectivity index (χ3n) is 9.82. The molecule has 1 aromatic heterocycles. The fraction of sp³-hybridized carbons (Fsp3) is 0.621. The largest absolute Gasteiger partial charge is 0.347 e. The van der Waals surface area contributed by atoms with Gasteiger partial charge in [0.15, 0.2) is 5.69 Å². The zero-order valence-corrected chi connectivity index (χ0v) is 21.3. The molecule has 3 unspecified atom stereocenters. The van der Waals surface area contributed by atoms with Crippen molar-refractivity contribution in [3.05, 3.63) is 41.7 Å². The number of amides is 2. The van der Waals surface area contributed by atoms with Crippen LogP contribution in [-0.2, 0) is 17.9 Å². The van der Waals surface area contributed by atoms with Gasteiger partial charge in [0.05, 0.1) is 12.2 Å². The normalized spacial score (nSPS) is 29.4. The number of carbonyl (C=O) groups is 2. The van der Waals surface area contributed by atoms with E-state index in [0.29, 0.717) is 31.2 Å². The van der Waals surface area contributed by atoms with Crippen LogP contribution in [0.2, 0.25) is 0 Å². The van der Waals surface area contributed by atoms with Crippen LogP contribution in [0.4, 0.5) is 0 Å². The number of hydrogen-bond donors (Lipinski definition) is 1. The summed E-state index contributed by atoms with van der Waals surface area (Å²) in [7, 11) is 0. The lowest BCUT2D eigenvalue weighted by Crippen LogP contribution is -2.52. The van der Waals surface area contributed by atoms with Crippen LogP contribution in [0.1, 0.15) is 81.9 Å². The van der Waals surface area contributed by atoms with Gasteiger partial charge in [0.2, 0.25) is 5.91 Å². The minimum Gasteiger partial charge on any atom is -0.347 e. The summed E-state index contributed by atoms with van der Waals surface area (Å²) in [4.78, 5) is 34.0. The zero-order valence-electron chi connectivity index (χ0n) is 21.3. The topological polar surface area (TPSA) is 67.2 Å². The highest BCUT2D eigenvalue weighted by Gasteiger charge is 2.59. The van der Waals surface area contributed by atoms with Crippen molar-refractivity contribution in [3.8, 4) is 11.4 Å². The van der Waals surface area contributed by atoms with Crippen LogP contribution in [0.3, 0.4) is 0 Å². The molecule has 2 aromatic rings. The monoisotopic (exact) mass is 474 g/mol. The molecular weight excluding hydrogens is 436 g/mol. The molecule has 0 radical (unpaired) electrons. The number of nitrogens with zero attached hydrogens (tertiary/aromatic N) is 3. The SMILES string of the molecule is CC12CCC(C1)C(C)(C)C2NC(=O)c1nc(-c2ccccc2)n2c1CN(C(=O)C1CCCC1)CC2. The lowest BCUT2D eigenvalue weighted by Gasteiger charge is -2.43. The van der Waals surface area contributed by atoms with Gasteiger partial charge in [0.25, 0.3) is 5.91 Å². The first-order valence-corrected chi connectivity index (χ1v) is 13.5. The predicted molar refractivity (Wildman–Crippen MR) is 136 cm³/mol. The van der Waals surface area contributed by atoms with Crippen LogP contribution in [-0.4, -0.2) is 38.9 Å². The molecular formula is C29H38N4O2. The zero-order chi connectivity index (χ0) is 24.4. The van der Waals surface area contributed by atoms with Crippen LogP contribution in [0, 0.1) is 22.7 Å². The molecule has 4 aliphatic rings. The molecule has 3 aliphatic carbocycles.